The topological polar surface area (TPSA) is 48.4 Å². The normalized spacial score (nSPS) is 11.3. The molecule has 1 rings (SSSR count). The van der Waals surface area contributed by atoms with Gasteiger partial charge in [0.25, 0.3) is 0 Å². The van der Waals surface area contributed by atoms with Gasteiger partial charge in [-0.2, -0.15) is 0 Å². The third-order valence-electron chi connectivity index (χ3n) is 2.13. The highest BCUT2D eigenvalue weighted by molar-refractivity contribution is 6.17. The molecule has 0 aromatic carbocycles. The summed E-state index contributed by atoms with van der Waals surface area (Å²) in [5, 5.41) is 0. The molecule has 0 radical (unpaired) electrons. The second-order valence-electron chi connectivity index (χ2n) is 3.54. The third-order valence-corrected chi connectivity index (χ3v) is 2.41. The van der Waals surface area contributed by atoms with Gasteiger partial charge in [-0.25, -0.2) is 9.37 Å². The number of hydrogen-bond acceptors (Lipinski definition) is 4. The molecule has 0 bridgehead atoms. The summed E-state index contributed by atoms with van der Waals surface area (Å²) >= 11 is 5.43. The Labute approximate surface area is 116 Å². The van der Waals surface area contributed by atoms with Crippen LogP contribution in [0.15, 0.2) is 6.20 Å². The van der Waals surface area contributed by atoms with Gasteiger partial charge >= 0.3 is 12.3 Å². The van der Waals surface area contributed by atoms with E-state index in [1.165, 1.54) is 6.92 Å². The molecule has 1 heterocycles. The van der Waals surface area contributed by atoms with E-state index in [1.807, 2.05) is 0 Å². The van der Waals surface area contributed by atoms with Crippen LogP contribution < -0.4 is 4.74 Å². The Bertz CT molecular complexity index is 493. The Balaban J connectivity index is 3.16. The molecular weight excluding hydrogens is 306 g/mol. The first-order valence-corrected chi connectivity index (χ1v) is 5.95. The fourth-order valence-electron chi connectivity index (χ4n) is 1.36. The molecule has 0 saturated heterocycles. The number of esters is 1. The molecule has 1 aromatic heterocycles. The molecule has 20 heavy (non-hydrogen) atoms. The summed E-state index contributed by atoms with van der Waals surface area (Å²) in [6, 6.07) is 0. The molecule has 0 aliphatic heterocycles. The molecule has 9 heteroatoms. The van der Waals surface area contributed by atoms with Crippen molar-refractivity contribution in [1.29, 1.82) is 0 Å². The number of carbonyl (C=O) groups is 1. The molecule has 0 amide bonds. The van der Waals surface area contributed by atoms with Crippen molar-refractivity contribution in [2.45, 2.75) is 25.6 Å². The van der Waals surface area contributed by atoms with Gasteiger partial charge in [0.05, 0.1) is 24.5 Å². The molecule has 0 aliphatic rings. The van der Waals surface area contributed by atoms with E-state index in [1.54, 1.807) is 0 Å². The van der Waals surface area contributed by atoms with Crippen LogP contribution in [-0.2, 0) is 21.8 Å². The Morgan fingerprint density at radius 3 is 2.60 bits per heavy atom. The lowest BCUT2D eigenvalue weighted by Crippen LogP contribution is -2.21. The van der Waals surface area contributed by atoms with Crippen LogP contribution in [0.2, 0.25) is 0 Å². The van der Waals surface area contributed by atoms with Gasteiger partial charge in [0.2, 0.25) is 5.88 Å². The molecular formula is C11H10ClF4NO3. The smallest absolute Gasteiger partial charge is 0.466 e. The van der Waals surface area contributed by atoms with E-state index in [2.05, 4.69) is 14.5 Å². The monoisotopic (exact) mass is 315 g/mol. The lowest BCUT2D eigenvalue weighted by atomic mass is 10.1. The number of ether oxygens (including phenoxy) is 2. The highest BCUT2D eigenvalue weighted by Crippen LogP contribution is 2.28. The zero-order valence-electron chi connectivity index (χ0n) is 10.3. The summed E-state index contributed by atoms with van der Waals surface area (Å²) < 4.78 is 58.7. The first-order valence-electron chi connectivity index (χ1n) is 5.42. The van der Waals surface area contributed by atoms with Crippen molar-refractivity contribution in [2.24, 2.45) is 0 Å². The van der Waals surface area contributed by atoms with E-state index in [-0.39, 0.29) is 18.1 Å². The van der Waals surface area contributed by atoms with Gasteiger partial charge in [-0.3, -0.25) is 4.79 Å². The average Bonchev–Trinajstić information content (AvgIpc) is 2.32. The molecule has 0 saturated carbocycles. The predicted molar refractivity (Wildman–Crippen MR) is 60.8 cm³/mol. The lowest BCUT2D eigenvalue weighted by molar-refractivity contribution is -0.276. The quantitative estimate of drug-likeness (QED) is 0.476. The minimum Gasteiger partial charge on any atom is -0.466 e. The summed E-state index contributed by atoms with van der Waals surface area (Å²) in [7, 11) is 0. The van der Waals surface area contributed by atoms with Gasteiger partial charge in [0.15, 0.2) is 0 Å². The molecule has 4 nitrogen and oxygen atoms in total. The number of halogens is 5. The lowest BCUT2D eigenvalue weighted by Gasteiger charge is -2.13. The van der Waals surface area contributed by atoms with Crippen molar-refractivity contribution >= 4 is 17.6 Å². The Morgan fingerprint density at radius 1 is 1.45 bits per heavy atom. The minimum absolute atomic E-state index is 0.0124. The van der Waals surface area contributed by atoms with Crippen LogP contribution in [0.5, 0.6) is 5.88 Å². The molecule has 1 aromatic rings. The van der Waals surface area contributed by atoms with Crippen molar-refractivity contribution in [3.05, 3.63) is 23.1 Å². The van der Waals surface area contributed by atoms with E-state index in [0.717, 1.165) is 6.20 Å². The average molecular weight is 316 g/mol. The van der Waals surface area contributed by atoms with Crippen LogP contribution in [0.25, 0.3) is 0 Å². The van der Waals surface area contributed by atoms with Crippen molar-refractivity contribution in [1.82, 2.24) is 4.98 Å². The van der Waals surface area contributed by atoms with E-state index in [0.29, 0.717) is 0 Å². The van der Waals surface area contributed by atoms with E-state index >= 15 is 0 Å². The summed E-state index contributed by atoms with van der Waals surface area (Å²) in [4.78, 5) is 14.6. The van der Waals surface area contributed by atoms with Crippen LogP contribution in [0.4, 0.5) is 17.6 Å². The van der Waals surface area contributed by atoms with Gasteiger partial charge in [0, 0.05) is 11.8 Å². The number of carbonyl (C=O) groups excluding carboxylic acids is 1. The van der Waals surface area contributed by atoms with Crippen LogP contribution in [0.3, 0.4) is 0 Å². The second kappa shape index (κ2) is 6.74. The maximum atomic E-state index is 13.9. The van der Waals surface area contributed by atoms with Gasteiger partial charge in [-0.15, -0.1) is 24.8 Å². The molecule has 0 spiro atoms. The van der Waals surface area contributed by atoms with Gasteiger partial charge < -0.3 is 9.47 Å². The van der Waals surface area contributed by atoms with Crippen molar-refractivity contribution in [3.8, 4) is 5.88 Å². The molecule has 0 unspecified atom stereocenters. The van der Waals surface area contributed by atoms with Crippen LogP contribution in [0, 0.1) is 5.82 Å². The molecule has 0 atom stereocenters. The van der Waals surface area contributed by atoms with E-state index in [9.17, 15) is 22.4 Å². The number of alkyl halides is 4. The maximum Gasteiger partial charge on any atom is 0.574 e. The summed E-state index contributed by atoms with van der Waals surface area (Å²) in [5.74, 6) is -3.30. The number of rotatable bonds is 5. The highest BCUT2D eigenvalue weighted by Gasteiger charge is 2.34. The number of pyridine rings is 1. The fraction of sp³-hybridized carbons (Fsp3) is 0.455. The second-order valence-corrected chi connectivity index (χ2v) is 3.81. The minimum atomic E-state index is -5.05. The molecule has 0 N–H and O–H groups in total. The van der Waals surface area contributed by atoms with Gasteiger partial charge in [-0.05, 0) is 6.92 Å². The van der Waals surface area contributed by atoms with Crippen molar-refractivity contribution in [3.63, 3.8) is 0 Å². The largest absolute Gasteiger partial charge is 0.574 e. The third kappa shape index (κ3) is 4.52. The van der Waals surface area contributed by atoms with Crippen molar-refractivity contribution < 1.29 is 31.8 Å². The maximum absolute atomic E-state index is 13.9. The Kier molecular flexibility index (Phi) is 5.55. The summed E-state index contributed by atoms with van der Waals surface area (Å²) in [6.07, 6.45) is -4.97. The van der Waals surface area contributed by atoms with Crippen LogP contribution in [0.1, 0.15) is 18.1 Å². The number of hydrogen-bond donors (Lipinski definition) is 0. The first-order chi connectivity index (χ1) is 9.28. The van der Waals surface area contributed by atoms with Gasteiger partial charge in [0.1, 0.15) is 5.82 Å². The van der Waals surface area contributed by atoms with E-state index in [4.69, 9.17) is 11.6 Å². The zero-order chi connectivity index (χ0) is 15.3. The number of nitrogens with zero attached hydrogens (tertiary/aromatic N) is 1. The van der Waals surface area contributed by atoms with Crippen LogP contribution >= 0.6 is 11.6 Å². The Morgan fingerprint density at radius 2 is 2.10 bits per heavy atom. The SMILES string of the molecule is CCOC(=O)Cc1c(OC(F)(F)F)ncc(CCl)c1F. The number of aromatic nitrogens is 1. The highest BCUT2D eigenvalue weighted by atomic mass is 35.5. The van der Waals surface area contributed by atoms with Crippen LogP contribution in [-0.4, -0.2) is 23.9 Å². The molecule has 0 fully saturated rings. The standard InChI is InChI=1S/C11H10ClF4NO3/c1-2-19-8(18)3-7-9(13)6(4-12)5-17-10(7)20-11(14,15)16/h5H,2-4H2,1H3. The predicted octanol–water partition coefficient (Wildman–Crippen LogP) is 2.96. The fourth-order valence-corrected chi connectivity index (χ4v) is 1.55. The molecule has 112 valence electrons. The van der Waals surface area contributed by atoms with Gasteiger partial charge in [-0.1, -0.05) is 0 Å². The van der Waals surface area contributed by atoms with E-state index < -0.39 is 36.0 Å². The van der Waals surface area contributed by atoms with Crippen molar-refractivity contribution in [2.75, 3.05) is 6.61 Å². The Hall–Kier alpha value is -1.57. The summed E-state index contributed by atoms with van der Waals surface area (Å²) in [5.41, 5.74) is -0.778. The first kappa shape index (κ1) is 16.5. The zero-order valence-corrected chi connectivity index (χ0v) is 11.0. The summed E-state index contributed by atoms with van der Waals surface area (Å²) in [6.45, 7) is 1.52. The molecule has 0 aliphatic carbocycles.